The summed E-state index contributed by atoms with van der Waals surface area (Å²) in [5, 5.41) is 0. The van der Waals surface area contributed by atoms with Gasteiger partial charge in [-0.2, -0.15) is 4.99 Å². The second-order valence-electron chi connectivity index (χ2n) is 6.09. The number of hydrogen-bond acceptors (Lipinski definition) is 2. The molecular weight excluding hydrogens is 214 g/mol. The van der Waals surface area contributed by atoms with Crippen molar-refractivity contribution in [3.05, 3.63) is 0 Å². The third-order valence-corrected chi connectivity index (χ3v) is 4.78. The molecule has 0 aromatic carbocycles. The van der Waals surface area contributed by atoms with E-state index in [4.69, 9.17) is 5.73 Å². The monoisotopic (exact) mass is 235 g/mol. The van der Waals surface area contributed by atoms with Crippen LogP contribution in [-0.2, 0) is 0 Å². The Balaban J connectivity index is 2.01. The molecule has 0 aromatic rings. The smallest absolute Gasteiger partial charge is 0.346 e. The lowest BCUT2D eigenvalue weighted by Crippen LogP contribution is -2.61. The van der Waals surface area contributed by atoms with Crippen LogP contribution in [0.4, 0.5) is 4.79 Å². The van der Waals surface area contributed by atoms with Crippen molar-refractivity contribution in [2.24, 2.45) is 22.6 Å². The van der Waals surface area contributed by atoms with Gasteiger partial charge in [0.05, 0.1) is 0 Å². The highest BCUT2D eigenvalue weighted by atomic mass is 16.2. The van der Waals surface area contributed by atoms with Crippen LogP contribution >= 0.6 is 0 Å². The predicted molar refractivity (Wildman–Crippen MR) is 66.8 cm³/mol. The Morgan fingerprint density at radius 2 is 2.00 bits per heavy atom. The van der Waals surface area contributed by atoms with E-state index in [1.165, 1.54) is 6.42 Å². The minimum Gasteiger partial charge on any atom is -0.385 e. The summed E-state index contributed by atoms with van der Waals surface area (Å²) in [6, 6.07) is 0.311. The van der Waals surface area contributed by atoms with Crippen LogP contribution in [0.3, 0.4) is 0 Å². The van der Waals surface area contributed by atoms with Crippen molar-refractivity contribution in [3.63, 3.8) is 0 Å². The molecule has 3 aliphatic rings. The van der Waals surface area contributed by atoms with Gasteiger partial charge in [-0.3, -0.25) is 0 Å². The van der Waals surface area contributed by atoms with E-state index in [0.29, 0.717) is 23.7 Å². The van der Waals surface area contributed by atoms with Gasteiger partial charge in [0.25, 0.3) is 0 Å². The average molecular weight is 235 g/mol. The Bertz CT molecular complexity index is 388. The van der Waals surface area contributed by atoms with Crippen LogP contribution in [0.1, 0.15) is 46.0 Å². The first-order valence-corrected chi connectivity index (χ1v) is 6.73. The molecule has 1 aliphatic heterocycles. The maximum Gasteiger partial charge on any atom is 0.346 e. The zero-order chi connectivity index (χ0) is 12.2. The van der Waals surface area contributed by atoms with E-state index in [-0.39, 0.29) is 11.6 Å². The summed E-state index contributed by atoms with van der Waals surface area (Å²) < 4.78 is 0. The lowest BCUT2D eigenvalue weighted by Gasteiger charge is -2.47. The fourth-order valence-corrected chi connectivity index (χ4v) is 3.66. The Morgan fingerprint density at radius 1 is 1.29 bits per heavy atom. The van der Waals surface area contributed by atoms with Crippen molar-refractivity contribution >= 4 is 11.9 Å². The largest absolute Gasteiger partial charge is 0.385 e. The van der Waals surface area contributed by atoms with Crippen LogP contribution in [-0.4, -0.2) is 28.3 Å². The number of amidine groups is 1. The molecule has 2 fully saturated rings. The summed E-state index contributed by atoms with van der Waals surface area (Å²) in [4.78, 5) is 18.1. The molecule has 17 heavy (non-hydrogen) atoms. The van der Waals surface area contributed by atoms with Gasteiger partial charge in [-0.25, -0.2) is 4.79 Å². The third kappa shape index (κ3) is 1.42. The van der Waals surface area contributed by atoms with Crippen molar-refractivity contribution in [2.45, 2.75) is 57.5 Å². The molecule has 4 nitrogen and oxygen atoms in total. The first-order chi connectivity index (χ1) is 8.05. The molecule has 0 radical (unpaired) electrons. The molecule has 4 heteroatoms. The van der Waals surface area contributed by atoms with Gasteiger partial charge in [0.15, 0.2) is 0 Å². The first kappa shape index (κ1) is 11.1. The van der Waals surface area contributed by atoms with Gasteiger partial charge in [0.1, 0.15) is 11.4 Å². The van der Waals surface area contributed by atoms with Gasteiger partial charge in [0, 0.05) is 6.04 Å². The van der Waals surface area contributed by atoms with Gasteiger partial charge in [-0.15, -0.1) is 0 Å². The quantitative estimate of drug-likeness (QED) is 0.757. The topological polar surface area (TPSA) is 58.7 Å². The standard InChI is InChI=1S/C13H21N3O/c1-8-3-4-9(2)13(7-8)11(14)15-12(17)16(13)10-5-6-10/h8-10H,3-7H2,1-2H3,(H2,14,15,17). The molecule has 0 bridgehead atoms. The molecule has 3 rings (SSSR count). The summed E-state index contributed by atoms with van der Waals surface area (Å²) in [5.41, 5.74) is 5.88. The number of aliphatic imine (C=N–C) groups is 1. The van der Waals surface area contributed by atoms with Gasteiger partial charge >= 0.3 is 6.03 Å². The van der Waals surface area contributed by atoms with E-state index in [2.05, 4.69) is 18.8 Å². The van der Waals surface area contributed by atoms with Crippen molar-refractivity contribution in [2.75, 3.05) is 0 Å². The second kappa shape index (κ2) is 3.47. The number of rotatable bonds is 1. The van der Waals surface area contributed by atoms with E-state index in [1.54, 1.807) is 0 Å². The average Bonchev–Trinajstić information content (AvgIpc) is 3.04. The summed E-state index contributed by atoms with van der Waals surface area (Å²) in [5.74, 6) is 1.65. The van der Waals surface area contributed by atoms with E-state index >= 15 is 0 Å². The second-order valence-corrected chi connectivity index (χ2v) is 6.09. The van der Waals surface area contributed by atoms with Crippen molar-refractivity contribution in [1.82, 2.24) is 4.90 Å². The molecule has 1 spiro atoms. The van der Waals surface area contributed by atoms with Crippen molar-refractivity contribution in [3.8, 4) is 0 Å². The first-order valence-electron chi connectivity index (χ1n) is 6.73. The van der Waals surface area contributed by atoms with Crippen LogP contribution in [0.15, 0.2) is 4.99 Å². The molecule has 3 atom stereocenters. The van der Waals surface area contributed by atoms with Gasteiger partial charge < -0.3 is 10.6 Å². The molecule has 94 valence electrons. The third-order valence-electron chi connectivity index (χ3n) is 4.78. The summed E-state index contributed by atoms with van der Waals surface area (Å²) in [6.45, 7) is 4.48. The fourth-order valence-electron chi connectivity index (χ4n) is 3.66. The van der Waals surface area contributed by atoms with E-state index in [9.17, 15) is 4.79 Å². The van der Waals surface area contributed by atoms with Crippen LogP contribution in [0.2, 0.25) is 0 Å². The normalized spacial score (nSPS) is 42.1. The molecule has 2 aliphatic carbocycles. The zero-order valence-corrected chi connectivity index (χ0v) is 10.6. The number of nitrogens with two attached hydrogens (primary N) is 1. The number of nitrogens with zero attached hydrogens (tertiary/aromatic N) is 2. The number of carbonyl (C=O) groups excluding carboxylic acids is 1. The van der Waals surface area contributed by atoms with Crippen LogP contribution in [0.5, 0.6) is 0 Å². The fraction of sp³-hybridized carbons (Fsp3) is 0.846. The van der Waals surface area contributed by atoms with E-state index in [1.807, 2.05) is 4.90 Å². The Labute approximate surface area is 102 Å². The molecular formula is C13H21N3O. The SMILES string of the molecule is CC1CCC(C)C2(C1)C(N)=NC(=O)N2C1CC1. The number of carbonyl (C=O) groups is 1. The Kier molecular flexibility index (Phi) is 2.25. The van der Waals surface area contributed by atoms with Gasteiger partial charge in [-0.05, 0) is 37.5 Å². The number of amides is 2. The van der Waals surface area contributed by atoms with Crippen molar-refractivity contribution in [1.29, 1.82) is 0 Å². The molecule has 2 saturated carbocycles. The van der Waals surface area contributed by atoms with Crippen LogP contribution in [0, 0.1) is 11.8 Å². The Hall–Kier alpha value is -1.06. The maximum atomic E-state index is 12.1. The highest BCUT2D eigenvalue weighted by molar-refractivity contribution is 6.06. The van der Waals surface area contributed by atoms with Gasteiger partial charge in [0.2, 0.25) is 0 Å². The van der Waals surface area contributed by atoms with E-state index in [0.717, 1.165) is 25.7 Å². The lowest BCUT2D eigenvalue weighted by atomic mass is 9.68. The van der Waals surface area contributed by atoms with Gasteiger partial charge in [-0.1, -0.05) is 20.3 Å². The maximum absolute atomic E-state index is 12.1. The molecule has 3 unspecified atom stereocenters. The summed E-state index contributed by atoms with van der Waals surface area (Å²) >= 11 is 0. The summed E-state index contributed by atoms with van der Waals surface area (Å²) in [7, 11) is 0. The van der Waals surface area contributed by atoms with E-state index < -0.39 is 0 Å². The molecule has 2 N–H and O–H groups in total. The van der Waals surface area contributed by atoms with Crippen LogP contribution < -0.4 is 5.73 Å². The zero-order valence-electron chi connectivity index (χ0n) is 10.6. The lowest BCUT2D eigenvalue weighted by molar-refractivity contribution is 0.0762. The number of urea groups is 1. The minimum atomic E-state index is -0.254. The molecule has 0 aromatic heterocycles. The minimum absolute atomic E-state index is 0.0917. The summed E-state index contributed by atoms with van der Waals surface area (Å²) in [6.07, 6.45) is 5.62. The molecule has 2 amide bonds. The highest BCUT2D eigenvalue weighted by Gasteiger charge is 2.57. The van der Waals surface area contributed by atoms with Crippen LogP contribution in [0.25, 0.3) is 0 Å². The Morgan fingerprint density at radius 3 is 2.65 bits per heavy atom. The van der Waals surface area contributed by atoms with Crippen molar-refractivity contribution < 1.29 is 4.79 Å². The predicted octanol–water partition coefficient (Wildman–Crippen LogP) is 2.14. The number of hydrogen-bond donors (Lipinski definition) is 1. The molecule has 0 saturated heterocycles. The molecule has 1 heterocycles. The highest BCUT2D eigenvalue weighted by Crippen LogP contribution is 2.48.